The number of anilines is 2. The zero-order valence-corrected chi connectivity index (χ0v) is 19.0. The minimum Gasteiger partial charge on any atom is -0.497 e. The molecule has 1 aliphatic carbocycles. The molecular formula is C25H23ClN2O3S. The van der Waals surface area contributed by atoms with Crippen LogP contribution in [0.15, 0.2) is 83.8 Å². The molecule has 0 saturated carbocycles. The lowest BCUT2D eigenvalue weighted by atomic mass is 9.77. The van der Waals surface area contributed by atoms with Crippen LogP contribution in [0.1, 0.15) is 29.5 Å². The van der Waals surface area contributed by atoms with Crippen LogP contribution in [-0.4, -0.2) is 15.5 Å². The van der Waals surface area contributed by atoms with Crippen LogP contribution in [0.5, 0.6) is 5.75 Å². The normalized spacial score (nSPS) is 21.4. The summed E-state index contributed by atoms with van der Waals surface area (Å²) in [6, 6.07) is 20.2. The molecule has 0 saturated heterocycles. The van der Waals surface area contributed by atoms with E-state index in [1.807, 2.05) is 18.2 Å². The number of hydrogen-bond donors (Lipinski definition) is 2. The Morgan fingerprint density at radius 3 is 2.50 bits per heavy atom. The monoisotopic (exact) mass is 466 g/mol. The van der Waals surface area contributed by atoms with E-state index in [0.29, 0.717) is 22.4 Å². The molecule has 3 aromatic rings. The zero-order chi connectivity index (χ0) is 22.3. The Balaban J connectivity index is 1.46. The number of benzene rings is 3. The molecule has 0 spiro atoms. The predicted molar refractivity (Wildman–Crippen MR) is 128 cm³/mol. The fourth-order valence-electron chi connectivity index (χ4n) is 4.61. The summed E-state index contributed by atoms with van der Waals surface area (Å²) in [6.07, 6.45) is 5.32. The first-order valence-electron chi connectivity index (χ1n) is 10.4. The highest BCUT2D eigenvalue weighted by molar-refractivity contribution is 7.92. The second kappa shape index (κ2) is 8.19. The van der Waals surface area contributed by atoms with E-state index in [1.54, 1.807) is 43.5 Å². The first kappa shape index (κ1) is 20.9. The number of sulfonamides is 1. The number of rotatable bonds is 5. The predicted octanol–water partition coefficient (Wildman–Crippen LogP) is 5.98. The highest BCUT2D eigenvalue weighted by Crippen LogP contribution is 2.50. The Bertz CT molecular complexity index is 1270. The van der Waals surface area contributed by atoms with Crippen molar-refractivity contribution in [1.29, 1.82) is 0 Å². The van der Waals surface area contributed by atoms with Crippen molar-refractivity contribution in [1.82, 2.24) is 0 Å². The molecule has 0 fully saturated rings. The standard InChI is InChI=1S/C25H23ClN2O3S/c1-31-19-11-9-18(10-12-19)28-32(29,30)20-13-14-24-23(15-20)21-3-2-4-22(21)25(27-24)16-5-7-17(26)8-6-16/h2-3,5-15,21-22,25,27-28H,4H2,1H3. The molecule has 0 radical (unpaired) electrons. The van der Waals surface area contributed by atoms with Gasteiger partial charge in [-0.15, -0.1) is 0 Å². The van der Waals surface area contributed by atoms with E-state index in [2.05, 4.69) is 34.3 Å². The van der Waals surface area contributed by atoms with Crippen molar-refractivity contribution in [2.75, 3.05) is 17.1 Å². The van der Waals surface area contributed by atoms with Gasteiger partial charge in [0.2, 0.25) is 0 Å². The molecule has 1 heterocycles. The number of methoxy groups -OCH3 is 1. The average Bonchev–Trinajstić information content (AvgIpc) is 3.29. The van der Waals surface area contributed by atoms with Gasteiger partial charge in [0.1, 0.15) is 5.75 Å². The van der Waals surface area contributed by atoms with Gasteiger partial charge in [0.25, 0.3) is 10.0 Å². The lowest BCUT2D eigenvalue weighted by molar-refractivity contribution is 0.415. The number of hydrogen-bond acceptors (Lipinski definition) is 4. The number of fused-ring (bicyclic) bond motifs is 3. The molecule has 0 amide bonds. The van der Waals surface area contributed by atoms with Crippen LogP contribution in [0.25, 0.3) is 0 Å². The summed E-state index contributed by atoms with van der Waals surface area (Å²) in [5.41, 5.74) is 3.63. The van der Waals surface area contributed by atoms with Crippen LogP contribution >= 0.6 is 11.6 Å². The summed E-state index contributed by atoms with van der Waals surface area (Å²) in [5, 5.41) is 4.35. The number of allylic oxidation sites excluding steroid dienone is 2. The number of ether oxygens (including phenoxy) is 1. The van der Waals surface area contributed by atoms with E-state index < -0.39 is 10.0 Å². The Hall–Kier alpha value is -2.96. The third-order valence-electron chi connectivity index (χ3n) is 6.22. The molecule has 32 heavy (non-hydrogen) atoms. The van der Waals surface area contributed by atoms with Crippen molar-refractivity contribution in [3.63, 3.8) is 0 Å². The molecule has 5 rings (SSSR count). The van der Waals surface area contributed by atoms with E-state index in [9.17, 15) is 8.42 Å². The highest BCUT2D eigenvalue weighted by Gasteiger charge is 2.38. The van der Waals surface area contributed by atoms with Gasteiger partial charge in [-0.3, -0.25) is 4.72 Å². The summed E-state index contributed by atoms with van der Waals surface area (Å²) in [7, 11) is -2.15. The van der Waals surface area contributed by atoms with Crippen LogP contribution in [-0.2, 0) is 10.0 Å². The van der Waals surface area contributed by atoms with Gasteiger partial charge >= 0.3 is 0 Å². The zero-order valence-electron chi connectivity index (χ0n) is 17.5. The quantitative estimate of drug-likeness (QED) is 0.454. The first-order chi connectivity index (χ1) is 15.4. The van der Waals surface area contributed by atoms with E-state index in [-0.39, 0.29) is 16.9 Å². The van der Waals surface area contributed by atoms with E-state index in [1.165, 1.54) is 5.56 Å². The third-order valence-corrected chi connectivity index (χ3v) is 7.85. The molecule has 3 unspecified atom stereocenters. The van der Waals surface area contributed by atoms with Crippen LogP contribution in [0.2, 0.25) is 5.02 Å². The van der Waals surface area contributed by atoms with E-state index >= 15 is 0 Å². The highest BCUT2D eigenvalue weighted by atomic mass is 35.5. The van der Waals surface area contributed by atoms with Crippen LogP contribution in [0.4, 0.5) is 11.4 Å². The molecule has 0 bridgehead atoms. The van der Waals surface area contributed by atoms with Gasteiger partial charge in [-0.05, 0) is 78.1 Å². The van der Waals surface area contributed by atoms with Gasteiger partial charge in [-0.1, -0.05) is 35.9 Å². The van der Waals surface area contributed by atoms with Gasteiger partial charge < -0.3 is 10.1 Å². The van der Waals surface area contributed by atoms with Crippen LogP contribution in [0, 0.1) is 5.92 Å². The maximum Gasteiger partial charge on any atom is 0.261 e. The number of nitrogens with one attached hydrogen (secondary N) is 2. The number of halogens is 1. The Kier molecular flexibility index (Phi) is 5.35. The van der Waals surface area contributed by atoms with Gasteiger partial charge in [0.15, 0.2) is 0 Å². The minimum atomic E-state index is -3.72. The molecule has 3 atom stereocenters. The molecule has 1 aliphatic heterocycles. The summed E-state index contributed by atoms with van der Waals surface area (Å²) >= 11 is 6.07. The lowest BCUT2D eigenvalue weighted by Gasteiger charge is -2.37. The molecule has 3 aromatic carbocycles. The Morgan fingerprint density at radius 1 is 1.03 bits per heavy atom. The maximum absolute atomic E-state index is 13.1. The van der Waals surface area contributed by atoms with Crippen LogP contribution in [0.3, 0.4) is 0 Å². The summed E-state index contributed by atoms with van der Waals surface area (Å²) < 4.78 is 33.9. The van der Waals surface area contributed by atoms with E-state index in [4.69, 9.17) is 16.3 Å². The minimum absolute atomic E-state index is 0.139. The second-order valence-electron chi connectivity index (χ2n) is 8.11. The molecule has 5 nitrogen and oxygen atoms in total. The molecule has 2 aliphatic rings. The second-order valence-corrected chi connectivity index (χ2v) is 10.2. The molecule has 164 valence electrons. The fourth-order valence-corrected chi connectivity index (χ4v) is 5.83. The molecule has 2 N–H and O–H groups in total. The largest absolute Gasteiger partial charge is 0.497 e. The van der Waals surface area contributed by atoms with Crippen LogP contribution < -0.4 is 14.8 Å². The molecule has 7 heteroatoms. The van der Waals surface area contributed by atoms with Gasteiger partial charge in [0.05, 0.1) is 18.0 Å². The summed E-state index contributed by atoms with van der Waals surface area (Å²) in [6.45, 7) is 0. The van der Waals surface area contributed by atoms with Crippen molar-refractivity contribution in [3.05, 3.63) is 95.0 Å². The third kappa shape index (κ3) is 3.85. The average molecular weight is 467 g/mol. The Morgan fingerprint density at radius 2 is 1.78 bits per heavy atom. The van der Waals surface area contributed by atoms with Gasteiger partial charge in [0, 0.05) is 22.3 Å². The van der Waals surface area contributed by atoms with Crippen molar-refractivity contribution >= 4 is 33.0 Å². The smallest absolute Gasteiger partial charge is 0.261 e. The van der Waals surface area contributed by atoms with Crippen molar-refractivity contribution in [2.24, 2.45) is 5.92 Å². The summed E-state index contributed by atoms with van der Waals surface area (Å²) in [5.74, 6) is 1.14. The Labute approximate surface area is 193 Å². The van der Waals surface area contributed by atoms with E-state index in [0.717, 1.165) is 17.7 Å². The van der Waals surface area contributed by atoms with Gasteiger partial charge in [-0.25, -0.2) is 8.42 Å². The van der Waals surface area contributed by atoms with Crippen molar-refractivity contribution in [2.45, 2.75) is 23.3 Å². The van der Waals surface area contributed by atoms with Crippen molar-refractivity contribution < 1.29 is 13.2 Å². The molecule has 0 aromatic heterocycles. The lowest BCUT2D eigenvalue weighted by Crippen LogP contribution is -2.29. The SMILES string of the molecule is COc1ccc(NS(=O)(=O)c2ccc3c(c2)C2C=CCC2C(c2ccc(Cl)cc2)N3)cc1. The van der Waals surface area contributed by atoms with Crippen molar-refractivity contribution in [3.8, 4) is 5.75 Å². The molecular weight excluding hydrogens is 444 g/mol. The first-order valence-corrected chi connectivity index (χ1v) is 12.3. The topological polar surface area (TPSA) is 67.4 Å². The van der Waals surface area contributed by atoms with Gasteiger partial charge in [-0.2, -0.15) is 0 Å². The maximum atomic E-state index is 13.1. The fraction of sp³-hybridized carbons (Fsp3) is 0.200. The summed E-state index contributed by atoms with van der Waals surface area (Å²) in [4.78, 5) is 0.248.